The molecular weight excluding hydrogens is 300 g/mol. The Hall–Kier alpha value is -2.46. The molecule has 0 N–H and O–H groups in total. The lowest BCUT2D eigenvalue weighted by Gasteiger charge is -2.09. The van der Waals surface area contributed by atoms with E-state index in [0.29, 0.717) is 21.8 Å². The number of esters is 1. The van der Waals surface area contributed by atoms with Gasteiger partial charge in [0.1, 0.15) is 6.61 Å². The summed E-state index contributed by atoms with van der Waals surface area (Å²) in [6.45, 7) is 1.97. The van der Waals surface area contributed by atoms with Crippen molar-refractivity contribution in [2.24, 2.45) is 0 Å². The molecule has 0 atom stereocenters. The quantitative estimate of drug-likeness (QED) is 0.687. The first-order chi connectivity index (χ1) is 10.6. The zero-order valence-electron chi connectivity index (χ0n) is 11.9. The Morgan fingerprint density at radius 1 is 1.23 bits per heavy atom. The predicted molar refractivity (Wildman–Crippen MR) is 84.8 cm³/mol. The van der Waals surface area contributed by atoms with Gasteiger partial charge in [-0.2, -0.15) is 0 Å². The molecule has 3 aromatic rings. The molecule has 0 radical (unpaired) electrons. The van der Waals surface area contributed by atoms with Crippen molar-refractivity contribution in [1.29, 1.82) is 0 Å². The zero-order valence-corrected chi connectivity index (χ0v) is 12.7. The number of rotatable bonds is 3. The molecule has 5 heteroatoms. The van der Waals surface area contributed by atoms with Crippen molar-refractivity contribution in [3.8, 4) is 0 Å². The average molecular weight is 313 g/mol. The molecule has 0 unspecified atom stereocenters. The van der Waals surface area contributed by atoms with Crippen molar-refractivity contribution in [3.63, 3.8) is 0 Å². The lowest BCUT2D eigenvalue weighted by molar-refractivity contribution is 0.0471. The first kappa shape index (κ1) is 14.5. The second-order valence-electron chi connectivity index (χ2n) is 4.86. The van der Waals surface area contributed by atoms with Crippen LogP contribution in [0.15, 0.2) is 48.8 Å². The molecule has 2 aromatic heterocycles. The number of fused-ring (bicyclic) bond motifs is 1. The van der Waals surface area contributed by atoms with Gasteiger partial charge in [-0.05, 0) is 36.8 Å². The number of halogens is 1. The first-order valence-electron chi connectivity index (χ1n) is 6.77. The van der Waals surface area contributed by atoms with Crippen LogP contribution in [-0.4, -0.2) is 15.9 Å². The molecule has 0 amide bonds. The summed E-state index contributed by atoms with van der Waals surface area (Å²) in [5.74, 6) is -0.399. The number of benzene rings is 1. The van der Waals surface area contributed by atoms with Gasteiger partial charge in [0.15, 0.2) is 0 Å². The first-order valence-corrected chi connectivity index (χ1v) is 7.15. The minimum absolute atomic E-state index is 0.203. The normalized spacial score (nSPS) is 10.6. The molecule has 0 saturated heterocycles. The maximum atomic E-state index is 12.3. The fourth-order valence-electron chi connectivity index (χ4n) is 2.17. The molecule has 3 rings (SSSR count). The summed E-state index contributed by atoms with van der Waals surface area (Å²) in [5.41, 5.74) is 2.62. The second kappa shape index (κ2) is 6.12. The van der Waals surface area contributed by atoms with Crippen molar-refractivity contribution in [3.05, 3.63) is 70.6 Å². The molecule has 0 fully saturated rings. The minimum Gasteiger partial charge on any atom is -0.457 e. The number of carbonyl (C=O) groups excluding carboxylic acids is 1. The number of aromatic nitrogens is 2. The summed E-state index contributed by atoms with van der Waals surface area (Å²) in [7, 11) is 0. The van der Waals surface area contributed by atoms with Gasteiger partial charge in [-0.25, -0.2) is 4.79 Å². The monoisotopic (exact) mass is 312 g/mol. The third-order valence-corrected chi connectivity index (χ3v) is 3.63. The summed E-state index contributed by atoms with van der Waals surface area (Å²) in [5, 5.41) is 1.38. The fourth-order valence-corrected chi connectivity index (χ4v) is 2.39. The van der Waals surface area contributed by atoms with Gasteiger partial charge in [0.25, 0.3) is 0 Å². The van der Waals surface area contributed by atoms with Crippen LogP contribution in [0.2, 0.25) is 5.02 Å². The molecule has 4 nitrogen and oxygen atoms in total. The van der Waals surface area contributed by atoms with E-state index in [4.69, 9.17) is 16.3 Å². The Labute approximate surface area is 132 Å². The number of carbonyl (C=O) groups is 1. The van der Waals surface area contributed by atoms with E-state index in [2.05, 4.69) is 9.97 Å². The average Bonchev–Trinajstić information content (AvgIpc) is 2.54. The molecule has 0 saturated carbocycles. The molecule has 0 aliphatic heterocycles. The number of hydrogen-bond donors (Lipinski definition) is 0. The fraction of sp³-hybridized carbons (Fsp3) is 0.118. The molecule has 22 heavy (non-hydrogen) atoms. The van der Waals surface area contributed by atoms with E-state index < -0.39 is 5.97 Å². The smallest absolute Gasteiger partial charge is 0.340 e. The third kappa shape index (κ3) is 2.92. The van der Waals surface area contributed by atoms with Crippen LogP contribution >= 0.6 is 11.6 Å². The lowest BCUT2D eigenvalue weighted by Crippen LogP contribution is -2.08. The van der Waals surface area contributed by atoms with Crippen LogP contribution in [-0.2, 0) is 11.3 Å². The van der Waals surface area contributed by atoms with Crippen LogP contribution in [0.25, 0.3) is 10.9 Å². The van der Waals surface area contributed by atoms with Crippen LogP contribution in [0.4, 0.5) is 0 Å². The van der Waals surface area contributed by atoms with Crippen molar-refractivity contribution < 1.29 is 9.53 Å². The molecule has 0 aliphatic carbocycles. The Kier molecular flexibility index (Phi) is 4.02. The standard InChI is InChI=1S/C17H13ClN2O2/c1-11-14(9-13-3-2-4-15(18)16(13)20-11)17(21)22-10-12-5-7-19-8-6-12/h2-9H,10H2,1H3. The molecule has 0 aliphatic rings. The van der Waals surface area contributed by atoms with Crippen LogP contribution in [0.1, 0.15) is 21.6 Å². The number of pyridine rings is 2. The Balaban J connectivity index is 1.86. The van der Waals surface area contributed by atoms with E-state index in [9.17, 15) is 4.79 Å². The maximum Gasteiger partial charge on any atom is 0.340 e. The minimum atomic E-state index is -0.399. The van der Waals surface area contributed by atoms with E-state index >= 15 is 0 Å². The van der Waals surface area contributed by atoms with E-state index in [1.54, 1.807) is 43.6 Å². The van der Waals surface area contributed by atoms with Gasteiger partial charge in [-0.15, -0.1) is 0 Å². The Morgan fingerprint density at radius 2 is 2.00 bits per heavy atom. The van der Waals surface area contributed by atoms with Crippen LogP contribution in [0.5, 0.6) is 0 Å². The zero-order chi connectivity index (χ0) is 15.5. The van der Waals surface area contributed by atoms with Crippen LogP contribution < -0.4 is 0 Å². The Bertz CT molecular complexity index is 835. The number of hydrogen-bond acceptors (Lipinski definition) is 4. The maximum absolute atomic E-state index is 12.3. The summed E-state index contributed by atoms with van der Waals surface area (Å²) in [6.07, 6.45) is 3.32. The van der Waals surface area contributed by atoms with E-state index in [1.807, 2.05) is 12.1 Å². The van der Waals surface area contributed by atoms with Crippen molar-refractivity contribution in [1.82, 2.24) is 9.97 Å². The number of aryl methyl sites for hydroxylation is 1. The van der Waals surface area contributed by atoms with Gasteiger partial charge in [0, 0.05) is 17.8 Å². The summed E-state index contributed by atoms with van der Waals surface area (Å²) in [4.78, 5) is 20.6. The molecule has 0 bridgehead atoms. The molecule has 2 heterocycles. The van der Waals surface area contributed by atoms with Gasteiger partial charge < -0.3 is 4.74 Å². The number of ether oxygens (including phenoxy) is 1. The van der Waals surface area contributed by atoms with E-state index in [1.165, 1.54) is 0 Å². The molecular formula is C17H13ClN2O2. The van der Waals surface area contributed by atoms with Gasteiger partial charge in [0.2, 0.25) is 0 Å². The van der Waals surface area contributed by atoms with Crippen molar-refractivity contribution in [2.75, 3.05) is 0 Å². The lowest BCUT2D eigenvalue weighted by atomic mass is 10.1. The Morgan fingerprint density at radius 3 is 2.77 bits per heavy atom. The van der Waals surface area contributed by atoms with Gasteiger partial charge in [-0.1, -0.05) is 23.7 Å². The van der Waals surface area contributed by atoms with Gasteiger partial charge in [0.05, 0.1) is 21.8 Å². The number of para-hydroxylation sites is 1. The van der Waals surface area contributed by atoms with Crippen molar-refractivity contribution in [2.45, 2.75) is 13.5 Å². The number of nitrogens with zero attached hydrogens (tertiary/aromatic N) is 2. The van der Waals surface area contributed by atoms with Crippen LogP contribution in [0, 0.1) is 6.92 Å². The summed E-state index contributed by atoms with van der Waals surface area (Å²) in [6, 6.07) is 10.8. The summed E-state index contributed by atoms with van der Waals surface area (Å²) < 4.78 is 5.33. The molecule has 110 valence electrons. The highest BCUT2D eigenvalue weighted by atomic mass is 35.5. The molecule has 0 spiro atoms. The van der Waals surface area contributed by atoms with Gasteiger partial charge in [-0.3, -0.25) is 9.97 Å². The highest BCUT2D eigenvalue weighted by molar-refractivity contribution is 6.35. The highest BCUT2D eigenvalue weighted by Crippen LogP contribution is 2.24. The molecule has 1 aromatic carbocycles. The summed E-state index contributed by atoms with van der Waals surface area (Å²) >= 11 is 6.12. The largest absolute Gasteiger partial charge is 0.457 e. The third-order valence-electron chi connectivity index (χ3n) is 3.33. The predicted octanol–water partition coefficient (Wildman–Crippen LogP) is 3.95. The van der Waals surface area contributed by atoms with Crippen molar-refractivity contribution >= 4 is 28.5 Å². The highest BCUT2D eigenvalue weighted by Gasteiger charge is 2.14. The van der Waals surface area contributed by atoms with Crippen LogP contribution in [0.3, 0.4) is 0 Å². The topological polar surface area (TPSA) is 52.1 Å². The van der Waals surface area contributed by atoms with E-state index in [0.717, 1.165) is 10.9 Å². The second-order valence-corrected chi connectivity index (χ2v) is 5.27. The SMILES string of the molecule is Cc1nc2c(Cl)cccc2cc1C(=O)OCc1ccncc1. The van der Waals surface area contributed by atoms with Gasteiger partial charge >= 0.3 is 5.97 Å². The van der Waals surface area contributed by atoms with E-state index in [-0.39, 0.29) is 6.61 Å².